The Morgan fingerprint density at radius 3 is 2.70 bits per heavy atom. The molecule has 0 radical (unpaired) electrons. The normalized spacial score (nSPS) is 11.1. The summed E-state index contributed by atoms with van der Waals surface area (Å²) in [7, 11) is 0. The number of hydrazone groups is 1. The maximum atomic E-state index is 11.9. The Balaban J connectivity index is 1.59. The molecule has 27 heavy (non-hydrogen) atoms. The predicted molar refractivity (Wildman–Crippen MR) is 103 cm³/mol. The summed E-state index contributed by atoms with van der Waals surface area (Å²) in [4.78, 5) is 11.9. The van der Waals surface area contributed by atoms with Gasteiger partial charge in [-0.2, -0.15) is 5.10 Å². The molecule has 0 bridgehead atoms. The fraction of sp³-hybridized carbons (Fsp3) is 0.211. The zero-order chi connectivity index (χ0) is 19.4. The molecular formula is C19H19ClN4O3. The van der Waals surface area contributed by atoms with Gasteiger partial charge in [0, 0.05) is 28.0 Å². The number of aryl methyl sites for hydroxylation is 2. The SMILES string of the molecule is Cc1cc(-n2c(C)cc(/C=N\NC(=O)COc3ccc(Cl)cc3)c2C)no1. The van der Waals surface area contributed by atoms with Crippen LogP contribution in [0.5, 0.6) is 5.75 Å². The second-order valence-electron chi connectivity index (χ2n) is 5.99. The first-order valence-electron chi connectivity index (χ1n) is 8.27. The van der Waals surface area contributed by atoms with Crippen molar-refractivity contribution in [2.24, 2.45) is 5.10 Å². The summed E-state index contributed by atoms with van der Waals surface area (Å²) < 4.78 is 12.5. The first-order valence-corrected chi connectivity index (χ1v) is 8.65. The number of halogens is 1. The average Bonchev–Trinajstić information content (AvgIpc) is 3.17. The van der Waals surface area contributed by atoms with Gasteiger partial charge >= 0.3 is 0 Å². The number of hydrogen-bond acceptors (Lipinski definition) is 5. The Kier molecular flexibility index (Phi) is 5.61. The quantitative estimate of drug-likeness (QED) is 0.518. The van der Waals surface area contributed by atoms with Crippen LogP contribution in [0.1, 0.15) is 22.7 Å². The van der Waals surface area contributed by atoms with Gasteiger partial charge in [0.1, 0.15) is 11.5 Å². The molecule has 0 aliphatic carbocycles. The third-order valence-corrected chi connectivity index (χ3v) is 4.14. The van der Waals surface area contributed by atoms with Crippen molar-refractivity contribution in [1.82, 2.24) is 15.1 Å². The summed E-state index contributed by atoms with van der Waals surface area (Å²) in [5, 5.41) is 8.64. The van der Waals surface area contributed by atoms with Crippen LogP contribution in [-0.4, -0.2) is 28.5 Å². The van der Waals surface area contributed by atoms with Gasteiger partial charge in [0.2, 0.25) is 0 Å². The number of benzene rings is 1. The number of carbonyl (C=O) groups is 1. The summed E-state index contributed by atoms with van der Waals surface area (Å²) >= 11 is 5.80. The number of rotatable bonds is 6. The summed E-state index contributed by atoms with van der Waals surface area (Å²) in [6.45, 7) is 5.61. The lowest BCUT2D eigenvalue weighted by Crippen LogP contribution is -2.24. The molecule has 8 heteroatoms. The lowest BCUT2D eigenvalue weighted by molar-refractivity contribution is -0.123. The van der Waals surface area contributed by atoms with E-state index >= 15 is 0 Å². The molecule has 0 atom stereocenters. The Morgan fingerprint density at radius 2 is 2.04 bits per heavy atom. The van der Waals surface area contributed by atoms with Crippen molar-refractivity contribution in [3.8, 4) is 11.6 Å². The van der Waals surface area contributed by atoms with Gasteiger partial charge in [0.05, 0.1) is 6.21 Å². The predicted octanol–water partition coefficient (Wildman–Crippen LogP) is 3.57. The standard InChI is InChI=1S/C19H19ClN4O3/c1-12-8-15(14(3)24(12)18-9-13(2)27-23-18)10-21-22-19(25)11-26-17-6-4-16(20)5-7-17/h4-10H,11H2,1-3H3,(H,22,25)/b21-10-. The molecule has 1 N–H and O–H groups in total. The van der Waals surface area contributed by atoms with Gasteiger partial charge in [-0.05, 0) is 51.1 Å². The van der Waals surface area contributed by atoms with Crippen LogP contribution in [0.3, 0.4) is 0 Å². The van der Waals surface area contributed by atoms with Crippen molar-refractivity contribution >= 4 is 23.7 Å². The second kappa shape index (κ2) is 8.09. The summed E-state index contributed by atoms with van der Waals surface area (Å²) in [5.41, 5.74) is 5.24. The van der Waals surface area contributed by atoms with Crippen molar-refractivity contribution in [2.75, 3.05) is 6.61 Å². The van der Waals surface area contributed by atoms with E-state index in [4.69, 9.17) is 20.9 Å². The zero-order valence-corrected chi connectivity index (χ0v) is 15.9. The second-order valence-corrected chi connectivity index (χ2v) is 6.43. The van der Waals surface area contributed by atoms with Crippen molar-refractivity contribution in [2.45, 2.75) is 20.8 Å². The van der Waals surface area contributed by atoms with Crippen molar-refractivity contribution in [1.29, 1.82) is 0 Å². The van der Waals surface area contributed by atoms with E-state index in [1.807, 2.05) is 37.5 Å². The van der Waals surface area contributed by atoms with Gasteiger partial charge in [0.25, 0.3) is 5.91 Å². The van der Waals surface area contributed by atoms with E-state index in [2.05, 4.69) is 15.7 Å². The number of nitrogens with one attached hydrogen (secondary N) is 1. The highest BCUT2D eigenvalue weighted by Crippen LogP contribution is 2.19. The van der Waals surface area contributed by atoms with Crippen LogP contribution in [-0.2, 0) is 4.79 Å². The van der Waals surface area contributed by atoms with E-state index in [1.165, 1.54) is 0 Å². The topological polar surface area (TPSA) is 81.7 Å². The van der Waals surface area contributed by atoms with E-state index in [0.29, 0.717) is 16.6 Å². The van der Waals surface area contributed by atoms with Crippen LogP contribution >= 0.6 is 11.6 Å². The maximum Gasteiger partial charge on any atom is 0.277 e. The van der Waals surface area contributed by atoms with Crippen LogP contribution in [0, 0.1) is 20.8 Å². The lowest BCUT2D eigenvalue weighted by atomic mass is 10.3. The third kappa shape index (κ3) is 4.57. The maximum absolute atomic E-state index is 11.9. The molecule has 0 unspecified atom stereocenters. The Labute approximate surface area is 161 Å². The van der Waals surface area contributed by atoms with Crippen molar-refractivity contribution in [3.05, 3.63) is 64.1 Å². The Hall–Kier alpha value is -3.06. The Morgan fingerprint density at radius 1 is 1.30 bits per heavy atom. The van der Waals surface area contributed by atoms with Gasteiger partial charge in [-0.25, -0.2) is 5.43 Å². The number of nitrogens with zero attached hydrogens (tertiary/aromatic N) is 3. The molecule has 0 aliphatic heterocycles. The van der Waals surface area contributed by atoms with Crippen LogP contribution in [0.15, 0.2) is 46.0 Å². The number of carbonyl (C=O) groups excluding carboxylic acids is 1. The van der Waals surface area contributed by atoms with Crippen LogP contribution in [0.4, 0.5) is 0 Å². The molecule has 3 aromatic rings. The molecule has 0 saturated heterocycles. The van der Waals surface area contributed by atoms with Crippen molar-refractivity contribution in [3.63, 3.8) is 0 Å². The number of hydrogen-bond donors (Lipinski definition) is 1. The minimum Gasteiger partial charge on any atom is -0.484 e. The van der Waals surface area contributed by atoms with Crippen LogP contribution in [0.25, 0.3) is 5.82 Å². The van der Waals surface area contributed by atoms with Gasteiger partial charge in [0.15, 0.2) is 12.4 Å². The smallest absolute Gasteiger partial charge is 0.277 e. The average molecular weight is 387 g/mol. The molecule has 140 valence electrons. The summed E-state index contributed by atoms with van der Waals surface area (Å²) in [6, 6.07) is 10.6. The highest BCUT2D eigenvalue weighted by atomic mass is 35.5. The van der Waals surface area contributed by atoms with Gasteiger partial charge in [-0.3, -0.25) is 9.36 Å². The molecule has 2 aromatic heterocycles. The zero-order valence-electron chi connectivity index (χ0n) is 15.2. The lowest BCUT2D eigenvalue weighted by Gasteiger charge is -2.05. The largest absolute Gasteiger partial charge is 0.484 e. The minimum atomic E-state index is -0.359. The molecule has 0 aliphatic rings. The highest BCUT2D eigenvalue weighted by Gasteiger charge is 2.12. The van der Waals surface area contributed by atoms with E-state index in [-0.39, 0.29) is 12.5 Å². The number of aromatic nitrogens is 2. The van der Waals surface area contributed by atoms with Gasteiger partial charge in [-0.1, -0.05) is 16.8 Å². The first kappa shape index (κ1) is 18.7. The summed E-state index contributed by atoms with van der Waals surface area (Å²) in [6.07, 6.45) is 1.59. The minimum absolute atomic E-state index is 0.143. The number of ether oxygens (including phenoxy) is 1. The van der Waals surface area contributed by atoms with E-state index < -0.39 is 0 Å². The molecular weight excluding hydrogens is 368 g/mol. The van der Waals surface area contributed by atoms with E-state index in [9.17, 15) is 4.79 Å². The first-order chi connectivity index (χ1) is 12.9. The van der Waals surface area contributed by atoms with E-state index in [0.717, 1.165) is 22.7 Å². The Bertz CT molecular complexity index is 974. The van der Waals surface area contributed by atoms with E-state index in [1.54, 1.807) is 30.5 Å². The molecule has 3 rings (SSSR count). The van der Waals surface area contributed by atoms with Crippen molar-refractivity contribution < 1.29 is 14.1 Å². The van der Waals surface area contributed by atoms with Gasteiger partial charge < -0.3 is 9.26 Å². The molecule has 7 nitrogen and oxygen atoms in total. The number of amides is 1. The molecule has 1 amide bonds. The fourth-order valence-corrected chi connectivity index (χ4v) is 2.74. The fourth-order valence-electron chi connectivity index (χ4n) is 2.62. The summed E-state index contributed by atoms with van der Waals surface area (Å²) in [5.74, 6) is 1.65. The van der Waals surface area contributed by atoms with Crippen LogP contribution in [0.2, 0.25) is 5.02 Å². The third-order valence-electron chi connectivity index (χ3n) is 3.89. The molecule has 0 spiro atoms. The van der Waals surface area contributed by atoms with Crippen LogP contribution < -0.4 is 10.2 Å². The molecule has 0 fully saturated rings. The highest BCUT2D eigenvalue weighted by molar-refractivity contribution is 6.30. The molecule has 1 aromatic carbocycles. The molecule has 0 saturated carbocycles. The monoisotopic (exact) mass is 386 g/mol. The van der Waals surface area contributed by atoms with Gasteiger partial charge in [-0.15, -0.1) is 0 Å². The molecule has 2 heterocycles.